The van der Waals surface area contributed by atoms with Gasteiger partial charge < -0.3 is 20.4 Å². The van der Waals surface area contributed by atoms with E-state index in [-0.39, 0.29) is 42.7 Å². The van der Waals surface area contributed by atoms with Crippen LogP contribution >= 0.6 is 11.8 Å². The van der Waals surface area contributed by atoms with E-state index in [1.807, 2.05) is 11.8 Å². The molecule has 0 aliphatic carbocycles. The Morgan fingerprint density at radius 3 is 2.45 bits per heavy atom. The van der Waals surface area contributed by atoms with Crippen molar-refractivity contribution in [2.75, 3.05) is 31.9 Å². The maximum atomic E-state index is 13.2. The number of fused-ring (bicyclic) bond motifs is 1. The van der Waals surface area contributed by atoms with E-state index in [2.05, 4.69) is 10.6 Å². The van der Waals surface area contributed by atoms with Crippen LogP contribution in [0.15, 0.2) is 24.3 Å². The number of rotatable bonds is 6. The molecule has 180 valence electrons. The normalized spacial score (nSPS) is 24.9. The van der Waals surface area contributed by atoms with E-state index in [0.717, 1.165) is 31.1 Å². The van der Waals surface area contributed by atoms with Gasteiger partial charge in [-0.1, -0.05) is 18.6 Å². The first-order valence-electron chi connectivity index (χ1n) is 11.2. The van der Waals surface area contributed by atoms with Gasteiger partial charge >= 0.3 is 12.2 Å². The highest BCUT2D eigenvalue weighted by molar-refractivity contribution is 8.00. The fourth-order valence-electron chi connectivity index (χ4n) is 4.67. The van der Waals surface area contributed by atoms with Crippen molar-refractivity contribution in [3.05, 3.63) is 35.4 Å². The van der Waals surface area contributed by atoms with Gasteiger partial charge in [0.05, 0.1) is 23.2 Å². The lowest BCUT2D eigenvalue weighted by molar-refractivity contribution is -0.138. The number of hydrogen-bond donors (Lipinski definition) is 2. The predicted octanol–water partition coefficient (Wildman–Crippen LogP) is 2.72. The minimum Gasteiger partial charge on any atom is -0.339 e. The number of hydrogen-bond acceptors (Lipinski definition) is 4. The molecule has 3 saturated heterocycles. The van der Waals surface area contributed by atoms with Crippen molar-refractivity contribution >= 4 is 29.6 Å². The van der Waals surface area contributed by atoms with Crippen molar-refractivity contribution in [3.63, 3.8) is 0 Å². The number of amides is 4. The predicted molar refractivity (Wildman–Crippen MR) is 118 cm³/mol. The molecule has 0 aromatic heterocycles. The summed E-state index contributed by atoms with van der Waals surface area (Å²) in [7, 11) is 0. The van der Waals surface area contributed by atoms with Gasteiger partial charge in [-0.05, 0) is 25.0 Å². The van der Waals surface area contributed by atoms with Crippen molar-refractivity contribution in [1.82, 2.24) is 20.4 Å². The molecule has 2 N–H and O–H groups in total. The molecule has 3 aliphatic rings. The van der Waals surface area contributed by atoms with Gasteiger partial charge in [-0.25, -0.2) is 4.79 Å². The topological polar surface area (TPSA) is 81.8 Å². The Morgan fingerprint density at radius 1 is 1.03 bits per heavy atom. The van der Waals surface area contributed by atoms with Crippen LogP contribution in [-0.4, -0.2) is 76.9 Å². The van der Waals surface area contributed by atoms with E-state index in [1.165, 1.54) is 23.1 Å². The molecule has 3 heterocycles. The van der Waals surface area contributed by atoms with Crippen LogP contribution < -0.4 is 10.6 Å². The molecule has 4 amide bonds. The summed E-state index contributed by atoms with van der Waals surface area (Å²) in [5.41, 5.74) is -1.29. The Hall–Kier alpha value is -2.43. The van der Waals surface area contributed by atoms with Crippen molar-refractivity contribution < 1.29 is 27.6 Å². The maximum Gasteiger partial charge on any atom is 0.417 e. The van der Waals surface area contributed by atoms with Gasteiger partial charge in [0.25, 0.3) is 5.91 Å². The van der Waals surface area contributed by atoms with Crippen LogP contribution in [0.3, 0.4) is 0 Å². The zero-order valence-electron chi connectivity index (χ0n) is 18.1. The number of urea groups is 1. The van der Waals surface area contributed by atoms with Crippen LogP contribution in [0.25, 0.3) is 0 Å². The number of nitrogens with zero attached hydrogens (tertiary/aromatic N) is 2. The average molecular weight is 485 g/mol. The molecule has 33 heavy (non-hydrogen) atoms. The SMILES string of the molecule is O=C1N[C@H]2[C@H](CS[C@H]2CCCCC(=O)N2CCN(C(=O)c3ccccc3C(F)(F)F)CC2)N1. The number of thioether (sulfide) groups is 1. The molecule has 7 nitrogen and oxygen atoms in total. The van der Waals surface area contributed by atoms with E-state index in [1.54, 1.807) is 4.90 Å². The fraction of sp³-hybridized carbons (Fsp3) is 0.591. The lowest BCUT2D eigenvalue weighted by Crippen LogP contribution is -2.50. The average Bonchev–Trinajstić information content (AvgIpc) is 3.35. The second-order valence-electron chi connectivity index (χ2n) is 8.58. The van der Waals surface area contributed by atoms with Crippen LogP contribution in [0.2, 0.25) is 0 Å². The Balaban J connectivity index is 1.20. The summed E-state index contributed by atoms with van der Waals surface area (Å²) >= 11 is 1.85. The van der Waals surface area contributed by atoms with Crippen LogP contribution in [-0.2, 0) is 11.0 Å². The number of alkyl halides is 3. The van der Waals surface area contributed by atoms with Gasteiger partial charge in [0.15, 0.2) is 0 Å². The third-order valence-corrected chi connectivity index (χ3v) is 7.96. The number of nitrogens with one attached hydrogen (secondary N) is 2. The molecule has 0 spiro atoms. The smallest absolute Gasteiger partial charge is 0.339 e. The zero-order valence-corrected chi connectivity index (χ0v) is 18.9. The van der Waals surface area contributed by atoms with Crippen molar-refractivity contribution in [2.24, 2.45) is 0 Å². The molecule has 11 heteroatoms. The van der Waals surface area contributed by atoms with Crippen molar-refractivity contribution in [2.45, 2.75) is 49.2 Å². The maximum absolute atomic E-state index is 13.2. The van der Waals surface area contributed by atoms with E-state index in [4.69, 9.17) is 0 Å². The van der Waals surface area contributed by atoms with Gasteiger partial charge in [0.2, 0.25) is 5.91 Å². The number of carbonyl (C=O) groups excluding carboxylic acids is 3. The number of unbranched alkanes of at least 4 members (excludes halogenated alkanes) is 1. The van der Waals surface area contributed by atoms with E-state index >= 15 is 0 Å². The van der Waals surface area contributed by atoms with Gasteiger partial charge in [-0.3, -0.25) is 9.59 Å². The second-order valence-corrected chi connectivity index (χ2v) is 9.86. The molecule has 3 aliphatic heterocycles. The number of piperazine rings is 1. The lowest BCUT2D eigenvalue weighted by atomic mass is 10.0. The van der Waals surface area contributed by atoms with Crippen molar-refractivity contribution in [1.29, 1.82) is 0 Å². The Bertz CT molecular complexity index is 905. The van der Waals surface area contributed by atoms with Gasteiger partial charge in [-0.15, -0.1) is 0 Å². The van der Waals surface area contributed by atoms with Gasteiger partial charge in [-0.2, -0.15) is 24.9 Å². The number of halogens is 3. The molecule has 0 radical (unpaired) electrons. The molecular formula is C22H27F3N4O3S. The highest BCUT2D eigenvalue weighted by atomic mass is 32.2. The van der Waals surface area contributed by atoms with Crippen LogP contribution in [0, 0.1) is 0 Å². The second kappa shape index (κ2) is 9.82. The Morgan fingerprint density at radius 2 is 1.73 bits per heavy atom. The highest BCUT2D eigenvalue weighted by Gasteiger charge is 2.42. The molecule has 1 aromatic rings. The Labute approximate surface area is 194 Å². The quantitative estimate of drug-likeness (QED) is 0.481. The van der Waals surface area contributed by atoms with E-state index in [0.29, 0.717) is 24.8 Å². The Kier molecular flexibility index (Phi) is 7.06. The largest absolute Gasteiger partial charge is 0.417 e. The summed E-state index contributed by atoms with van der Waals surface area (Å²) in [5.74, 6) is 0.255. The molecule has 0 unspecified atom stereocenters. The fourth-order valence-corrected chi connectivity index (χ4v) is 6.21. The van der Waals surface area contributed by atoms with E-state index < -0.39 is 17.6 Å². The summed E-state index contributed by atoms with van der Waals surface area (Å²) < 4.78 is 39.7. The van der Waals surface area contributed by atoms with Gasteiger partial charge in [0.1, 0.15) is 0 Å². The standard InChI is InChI=1S/C22H27F3N4O3S/c23-22(24,25)15-6-2-1-5-14(15)20(31)29-11-9-28(10-12-29)18(30)8-4-3-7-17-19-16(13-33-17)26-21(32)27-19/h1-2,5-6,16-17,19H,3-4,7-13H2,(H2,26,27,32)/t16-,17-,19-/m0/s1. The van der Waals surface area contributed by atoms with Crippen molar-refractivity contribution in [3.8, 4) is 0 Å². The molecular weight excluding hydrogens is 457 g/mol. The third kappa shape index (κ3) is 5.39. The summed E-state index contributed by atoms with van der Waals surface area (Å²) in [6.07, 6.45) is -1.63. The lowest BCUT2D eigenvalue weighted by Gasteiger charge is -2.35. The van der Waals surface area contributed by atoms with Crippen LogP contribution in [0.4, 0.5) is 18.0 Å². The van der Waals surface area contributed by atoms with Crippen LogP contribution in [0.5, 0.6) is 0 Å². The summed E-state index contributed by atoms with van der Waals surface area (Å²) in [6, 6.07) is 5.03. The minimum atomic E-state index is -4.60. The first kappa shape index (κ1) is 23.7. The molecule has 3 fully saturated rings. The summed E-state index contributed by atoms with van der Waals surface area (Å²) in [4.78, 5) is 39.7. The molecule has 1 aromatic carbocycles. The first-order chi connectivity index (χ1) is 15.7. The molecule has 0 saturated carbocycles. The molecule has 3 atom stereocenters. The molecule has 4 rings (SSSR count). The third-order valence-electron chi connectivity index (χ3n) is 6.45. The van der Waals surface area contributed by atoms with E-state index in [9.17, 15) is 27.6 Å². The monoisotopic (exact) mass is 484 g/mol. The summed E-state index contributed by atoms with van der Waals surface area (Å²) in [5, 5.41) is 6.24. The minimum absolute atomic E-state index is 0.00516. The first-order valence-corrected chi connectivity index (χ1v) is 12.2. The zero-order chi connectivity index (χ0) is 23.6. The number of benzene rings is 1. The number of carbonyl (C=O) groups is 3. The van der Waals surface area contributed by atoms with Gasteiger partial charge in [0, 0.05) is 43.6 Å². The highest BCUT2D eigenvalue weighted by Crippen LogP contribution is 2.34. The van der Waals surface area contributed by atoms with Crippen LogP contribution in [0.1, 0.15) is 41.6 Å². The summed E-state index contributed by atoms with van der Waals surface area (Å²) in [6.45, 7) is 1.06. The molecule has 0 bridgehead atoms.